The molecule has 0 amide bonds. The summed E-state index contributed by atoms with van der Waals surface area (Å²) in [7, 11) is 0. The number of amidine groups is 1. The molecule has 0 saturated carbocycles. The first-order chi connectivity index (χ1) is 7.69. The van der Waals surface area contributed by atoms with Crippen molar-refractivity contribution in [2.75, 3.05) is 6.54 Å². The largest absolute Gasteiger partial charge is 0.363 e. The highest BCUT2D eigenvalue weighted by Gasteiger charge is 2.18. The number of nitrogens with one attached hydrogen (secondary N) is 1. The SMILES string of the molecule is CCC1CNC(=Nc2ccc(C)cc2C)S1. The zero-order valence-corrected chi connectivity index (χ0v) is 10.9. The lowest BCUT2D eigenvalue weighted by atomic mass is 10.1. The van der Waals surface area contributed by atoms with Crippen molar-refractivity contribution in [3.63, 3.8) is 0 Å². The van der Waals surface area contributed by atoms with E-state index in [2.05, 4.69) is 49.3 Å². The summed E-state index contributed by atoms with van der Waals surface area (Å²) in [5, 5.41) is 5.11. The van der Waals surface area contributed by atoms with Crippen LogP contribution >= 0.6 is 11.8 Å². The normalized spacial score (nSPS) is 22.4. The number of hydrogen-bond donors (Lipinski definition) is 1. The molecule has 1 unspecified atom stereocenters. The molecule has 0 bridgehead atoms. The van der Waals surface area contributed by atoms with Gasteiger partial charge in [0.25, 0.3) is 0 Å². The van der Waals surface area contributed by atoms with E-state index in [0.717, 1.165) is 17.4 Å². The van der Waals surface area contributed by atoms with Crippen molar-refractivity contribution in [3.05, 3.63) is 29.3 Å². The van der Waals surface area contributed by atoms with Gasteiger partial charge < -0.3 is 5.32 Å². The molecule has 1 aliphatic heterocycles. The van der Waals surface area contributed by atoms with Crippen LogP contribution in [0.15, 0.2) is 23.2 Å². The lowest BCUT2D eigenvalue weighted by molar-refractivity contribution is 0.798. The maximum absolute atomic E-state index is 4.67. The topological polar surface area (TPSA) is 24.4 Å². The Morgan fingerprint density at radius 2 is 2.25 bits per heavy atom. The molecule has 1 N–H and O–H groups in total. The number of aryl methyl sites for hydroxylation is 2. The van der Waals surface area contributed by atoms with Crippen LogP contribution < -0.4 is 5.32 Å². The molecule has 3 heteroatoms. The fourth-order valence-corrected chi connectivity index (χ4v) is 2.74. The van der Waals surface area contributed by atoms with Crippen molar-refractivity contribution in [1.82, 2.24) is 5.32 Å². The molecule has 0 aliphatic carbocycles. The molecule has 1 aliphatic rings. The molecule has 2 rings (SSSR count). The summed E-state index contributed by atoms with van der Waals surface area (Å²) in [6.45, 7) is 7.49. The third-order valence-corrected chi connectivity index (χ3v) is 4.08. The van der Waals surface area contributed by atoms with E-state index >= 15 is 0 Å². The van der Waals surface area contributed by atoms with E-state index in [1.165, 1.54) is 17.5 Å². The minimum atomic E-state index is 0.685. The Kier molecular flexibility index (Phi) is 3.54. The molecule has 0 aromatic heterocycles. The van der Waals surface area contributed by atoms with Crippen molar-refractivity contribution in [2.24, 2.45) is 4.99 Å². The second-order valence-electron chi connectivity index (χ2n) is 4.24. The van der Waals surface area contributed by atoms with Crippen molar-refractivity contribution in [1.29, 1.82) is 0 Å². The number of benzene rings is 1. The van der Waals surface area contributed by atoms with Crippen LogP contribution in [0.1, 0.15) is 24.5 Å². The van der Waals surface area contributed by atoms with Gasteiger partial charge in [0, 0.05) is 11.8 Å². The van der Waals surface area contributed by atoms with Crippen LogP contribution in [0.5, 0.6) is 0 Å². The molecule has 2 nitrogen and oxygen atoms in total. The van der Waals surface area contributed by atoms with Gasteiger partial charge in [-0.3, -0.25) is 0 Å². The van der Waals surface area contributed by atoms with Crippen LogP contribution in [0, 0.1) is 13.8 Å². The Labute approximate surface area is 102 Å². The maximum Gasteiger partial charge on any atom is 0.162 e. The number of nitrogens with zero attached hydrogens (tertiary/aromatic N) is 1. The Morgan fingerprint density at radius 3 is 2.88 bits per heavy atom. The molecule has 1 heterocycles. The van der Waals surface area contributed by atoms with Crippen molar-refractivity contribution in [3.8, 4) is 0 Å². The molecule has 1 aromatic carbocycles. The van der Waals surface area contributed by atoms with Crippen molar-refractivity contribution >= 4 is 22.6 Å². The summed E-state index contributed by atoms with van der Waals surface area (Å²) >= 11 is 1.86. The van der Waals surface area contributed by atoms with Gasteiger partial charge in [0.2, 0.25) is 0 Å². The quantitative estimate of drug-likeness (QED) is 0.848. The number of aliphatic imine (C=N–C) groups is 1. The summed E-state index contributed by atoms with van der Waals surface area (Å²) in [6, 6.07) is 6.39. The molecule has 1 fully saturated rings. The molecule has 16 heavy (non-hydrogen) atoms. The predicted octanol–water partition coefficient (Wildman–Crippen LogP) is 3.41. The lowest BCUT2D eigenvalue weighted by Gasteiger charge is -2.03. The molecular formula is C13H18N2S. The van der Waals surface area contributed by atoms with Gasteiger partial charge in [0.1, 0.15) is 0 Å². The van der Waals surface area contributed by atoms with Gasteiger partial charge in [-0.15, -0.1) is 0 Å². The van der Waals surface area contributed by atoms with E-state index in [-0.39, 0.29) is 0 Å². The molecule has 1 aromatic rings. The predicted molar refractivity (Wildman–Crippen MR) is 72.7 cm³/mol. The second kappa shape index (κ2) is 4.91. The summed E-state index contributed by atoms with van der Waals surface area (Å²) in [4.78, 5) is 4.67. The highest BCUT2D eigenvalue weighted by molar-refractivity contribution is 8.14. The molecule has 1 saturated heterocycles. The number of hydrogen-bond acceptors (Lipinski definition) is 2. The summed E-state index contributed by atoms with van der Waals surface area (Å²) in [6.07, 6.45) is 1.20. The lowest BCUT2D eigenvalue weighted by Crippen LogP contribution is -2.15. The molecular weight excluding hydrogens is 216 g/mol. The third-order valence-electron chi connectivity index (χ3n) is 2.79. The van der Waals surface area contributed by atoms with Crippen LogP contribution in [0.3, 0.4) is 0 Å². The average molecular weight is 234 g/mol. The average Bonchev–Trinajstić information content (AvgIpc) is 2.70. The van der Waals surface area contributed by atoms with Gasteiger partial charge in [0.05, 0.1) is 5.69 Å². The smallest absolute Gasteiger partial charge is 0.162 e. The molecule has 1 atom stereocenters. The summed E-state index contributed by atoms with van der Waals surface area (Å²) in [5.41, 5.74) is 3.62. The standard InChI is InChI=1S/C13H18N2S/c1-4-11-8-14-13(16-11)15-12-6-5-9(2)7-10(12)3/h5-7,11H,4,8H2,1-3H3,(H,14,15). The summed E-state index contributed by atoms with van der Waals surface area (Å²) < 4.78 is 0. The fraction of sp³-hybridized carbons (Fsp3) is 0.462. The zero-order chi connectivity index (χ0) is 11.5. The van der Waals surface area contributed by atoms with Crippen LogP contribution in [0.25, 0.3) is 0 Å². The van der Waals surface area contributed by atoms with Crippen molar-refractivity contribution < 1.29 is 0 Å². The van der Waals surface area contributed by atoms with E-state index in [4.69, 9.17) is 0 Å². The Bertz CT molecular complexity index is 412. The Hall–Kier alpha value is -0.960. The van der Waals surface area contributed by atoms with Crippen LogP contribution in [-0.2, 0) is 0 Å². The van der Waals surface area contributed by atoms with E-state index < -0.39 is 0 Å². The van der Waals surface area contributed by atoms with E-state index in [1.54, 1.807) is 0 Å². The van der Waals surface area contributed by atoms with Crippen LogP contribution in [0.2, 0.25) is 0 Å². The number of rotatable bonds is 2. The van der Waals surface area contributed by atoms with Gasteiger partial charge in [-0.1, -0.05) is 36.4 Å². The monoisotopic (exact) mass is 234 g/mol. The maximum atomic E-state index is 4.67. The fourth-order valence-electron chi connectivity index (χ4n) is 1.78. The molecule has 86 valence electrons. The Morgan fingerprint density at radius 1 is 1.44 bits per heavy atom. The van der Waals surface area contributed by atoms with Gasteiger partial charge in [-0.05, 0) is 31.9 Å². The second-order valence-corrected chi connectivity index (χ2v) is 5.52. The minimum absolute atomic E-state index is 0.685. The van der Waals surface area contributed by atoms with E-state index in [1.807, 2.05) is 11.8 Å². The highest BCUT2D eigenvalue weighted by Crippen LogP contribution is 2.25. The third kappa shape index (κ3) is 2.59. The van der Waals surface area contributed by atoms with E-state index in [9.17, 15) is 0 Å². The highest BCUT2D eigenvalue weighted by atomic mass is 32.2. The first-order valence-electron chi connectivity index (χ1n) is 5.75. The van der Waals surface area contributed by atoms with E-state index in [0.29, 0.717) is 5.25 Å². The molecule has 0 radical (unpaired) electrons. The zero-order valence-electron chi connectivity index (χ0n) is 10.1. The first kappa shape index (κ1) is 11.5. The Balaban J connectivity index is 2.17. The van der Waals surface area contributed by atoms with Crippen LogP contribution in [0.4, 0.5) is 5.69 Å². The van der Waals surface area contributed by atoms with Gasteiger partial charge in [-0.2, -0.15) is 0 Å². The number of thioether (sulfide) groups is 1. The van der Waals surface area contributed by atoms with Crippen LogP contribution in [-0.4, -0.2) is 17.0 Å². The van der Waals surface area contributed by atoms with Gasteiger partial charge in [-0.25, -0.2) is 4.99 Å². The summed E-state index contributed by atoms with van der Waals surface area (Å²) in [5.74, 6) is 0. The molecule has 0 spiro atoms. The first-order valence-corrected chi connectivity index (χ1v) is 6.63. The van der Waals surface area contributed by atoms with Gasteiger partial charge in [0.15, 0.2) is 5.17 Å². The minimum Gasteiger partial charge on any atom is -0.363 e. The van der Waals surface area contributed by atoms with Crippen molar-refractivity contribution in [2.45, 2.75) is 32.4 Å². The van der Waals surface area contributed by atoms with Gasteiger partial charge >= 0.3 is 0 Å².